The Kier molecular flexibility index (Phi) is 1.68. The molecule has 1 fully saturated rings. The molecule has 2 atom stereocenters. The number of rotatable bonds is 1. The number of hydrogen-bond acceptors (Lipinski definition) is 2. The van der Waals surface area contributed by atoms with Gasteiger partial charge in [-0.05, 0) is 13.8 Å². The van der Waals surface area contributed by atoms with E-state index >= 15 is 0 Å². The van der Waals surface area contributed by atoms with Crippen LogP contribution in [0.3, 0.4) is 0 Å². The number of carbonyl (C=O) groups is 1. The molecule has 0 radical (unpaired) electrons. The largest absolute Gasteiger partial charge is 0.369 e. The first kappa shape index (κ1) is 7.54. The lowest BCUT2D eigenvalue weighted by Gasteiger charge is -2.17. The van der Waals surface area contributed by atoms with Gasteiger partial charge in [-0.15, -0.1) is 0 Å². The summed E-state index contributed by atoms with van der Waals surface area (Å²) in [4.78, 5) is 11.1. The number of nitrogens with one attached hydrogen (secondary N) is 1. The summed E-state index contributed by atoms with van der Waals surface area (Å²) in [5.41, 5.74) is -0.584. The predicted octanol–water partition coefficient (Wildman–Crippen LogP) is 0.300. The molecule has 1 rings (SSSR count). The van der Waals surface area contributed by atoms with Gasteiger partial charge in [0, 0.05) is 19.6 Å². The lowest BCUT2D eigenvalue weighted by Crippen LogP contribution is -2.36. The second-order valence-electron chi connectivity index (χ2n) is 3.01. The highest BCUT2D eigenvalue weighted by Crippen LogP contribution is 2.22. The molecule has 3 heteroatoms. The topological polar surface area (TPSA) is 38.3 Å². The van der Waals surface area contributed by atoms with E-state index in [0.717, 1.165) is 6.42 Å². The smallest absolute Gasteiger partial charge is 0.252 e. The van der Waals surface area contributed by atoms with Gasteiger partial charge in [-0.1, -0.05) is 0 Å². The van der Waals surface area contributed by atoms with E-state index in [-0.39, 0.29) is 11.9 Å². The minimum absolute atomic E-state index is 0.00231. The normalized spacial score (nSPS) is 39.9. The zero-order valence-electron chi connectivity index (χ0n) is 6.60. The summed E-state index contributed by atoms with van der Waals surface area (Å²) in [6.45, 7) is 3.79. The van der Waals surface area contributed by atoms with E-state index in [4.69, 9.17) is 4.74 Å². The summed E-state index contributed by atoms with van der Waals surface area (Å²) in [6.07, 6.45) is 0.766. The zero-order chi connectivity index (χ0) is 7.78. The van der Waals surface area contributed by atoms with E-state index < -0.39 is 5.60 Å². The second kappa shape index (κ2) is 2.23. The van der Waals surface area contributed by atoms with Crippen LogP contribution in [0.1, 0.15) is 20.3 Å². The lowest BCUT2D eigenvalue weighted by molar-refractivity contribution is -0.136. The quantitative estimate of drug-likeness (QED) is 0.573. The van der Waals surface area contributed by atoms with Crippen molar-refractivity contribution in [1.82, 2.24) is 5.32 Å². The number of amides is 1. The summed E-state index contributed by atoms with van der Waals surface area (Å²) in [7, 11) is 1.57. The van der Waals surface area contributed by atoms with Gasteiger partial charge in [-0.2, -0.15) is 0 Å². The molecular weight excluding hydrogens is 130 g/mol. The summed E-state index contributed by atoms with van der Waals surface area (Å²) >= 11 is 0. The number of methoxy groups -OCH3 is 1. The van der Waals surface area contributed by atoms with Crippen molar-refractivity contribution in [2.45, 2.75) is 31.9 Å². The van der Waals surface area contributed by atoms with Crippen LogP contribution < -0.4 is 5.32 Å². The maximum absolute atomic E-state index is 11.1. The molecule has 0 spiro atoms. The third-order valence-electron chi connectivity index (χ3n) is 2.00. The van der Waals surface area contributed by atoms with Crippen molar-refractivity contribution in [3.63, 3.8) is 0 Å². The molecule has 1 saturated heterocycles. The van der Waals surface area contributed by atoms with Crippen molar-refractivity contribution in [2.75, 3.05) is 7.11 Å². The van der Waals surface area contributed by atoms with Gasteiger partial charge in [0.2, 0.25) is 0 Å². The van der Waals surface area contributed by atoms with Crippen LogP contribution in [-0.4, -0.2) is 24.7 Å². The summed E-state index contributed by atoms with van der Waals surface area (Å²) in [5.74, 6) is 0.00231. The molecule has 10 heavy (non-hydrogen) atoms. The fraction of sp³-hybridized carbons (Fsp3) is 0.857. The van der Waals surface area contributed by atoms with Crippen LogP contribution in [0, 0.1) is 0 Å². The van der Waals surface area contributed by atoms with Crippen LogP contribution in [0.2, 0.25) is 0 Å². The molecule has 0 aromatic heterocycles. The molecule has 0 bridgehead atoms. The van der Waals surface area contributed by atoms with Crippen molar-refractivity contribution in [3.8, 4) is 0 Å². The zero-order valence-corrected chi connectivity index (χ0v) is 6.60. The van der Waals surface area contributed by atoms with Crippen molar-refractivity contribution in [2.24, 2.45) is 0 Å². The van der Waals surface area contributed by atoms with Gasteiger partial charge in [-0.25, -0.2) is 0 Å². The molecule has 58 valence electrons. The van der Waals surface area contributed by atoms with Gasteiger partial charge in [0.1, 0.15) is 5.60 Å². The van der Waals surface area contributed by atoms with Crippen molar-refractivity contribution in [3.05, 3.63) is 0 Å². The van der Waals surface area contributed by atoms with Gasteiger partial charge in [0.05, 0.1) is 0 Å². The third-order valence-corrected chi connectivity index (χ3v) is 2.00. The van der Waals surface area contributed by atoms with Crippen LogP contribution in [0.25, 0.3) is 0 Å². The van der Waals surface area contributed by atoms with E-state index in [1.54, 1.807) is 7.11 Å². The Hall–Kier alpha value is -0.570. The van der Waals surface area contributed by atoms with Crippen molar-refractivity contribution < 1.29 is 9.53 Å². The second-order valence-corrected chi connectivity index (χ2v) is 3.01. The molecule has 0 saturated carbocycles. The molecule has 1 N–H and O–H groups in total. The Morgan fingerprint density at radius 2 is 2.40 bits per heavy atom. The number of ether oxygens (including phenoxy) is 1. The van der Waals surface area contributed by atoms with E-state index in [1.807, 2.05) is 13.8 Å². The maximum Gasteiger partial charge on any atom is 0.252 e. The first-order valence-electron chi connectivity index (χ1n) is 3.44. The Balaban J connectivity index is 2.70. The van der Waals surface area contributed by atoms with Crippen LogP contribution in [0.5, 0.6) is 0 Å². The molecule has 0 aliphatic carbocycles. The van der Waals surface area contributed by atoms with Crippen molar-refractivity contribution >= 4 is 5.91 Å². The van der Waals surface area contributed by atoms with Gasteiger partial charge in [-0.3, -0.25) is 4.79 Å². The van der Waals surface area contributed by atoms with Crippen molar-refractivity contribution in [1.29, 1.82) is 0 Å². The van der Waals surface area contributed by atoms with Gasteiger partial charge in [0.15, 0.2) is 0 Å². The first-order chi connectivity index (χ1) is 4.58. The molecule has 1 aliphatic heterocycles. The van der Waals surface area contributed by atoms with E-state index in [1.165, 1.54) is 0 Å². The van der Waals surface area contributed by atoms with E-state index in [0.29, 0.717) is 0 Å². The fourth-order valence-corrected chi connectivity index (χ4v) is 1.28. The van der Waals surface area contributed by atoms with Gasteiger partial charge < -0.3 is 10.1 Å². The van der Waals surface area contributed by atoms with E-state index in [9.17, 15) is 4.79 Å². The Morgan fingerprint density at radius 3 is 2.60 bits per heavy atom. The highest BCUT2D eigenvalue weighted by molar-refractivity contribution is 5.87. The molecule has 1 amide bonds. The predicted molar refractivity (Wildman–Crippen MR) is 37.6 cm³/mol. The van der Waals surface area contributed by atoms with Crippen LogP contribution in [0.15, 0.2) is 0 Å². The molecular formula is C7H13NO2. The molecule has 1 aliphatic rings. The lowest BCUT2D eigenvalue weighted by atomic mass is 10.0. The summed E-state index contributed by atoms with van der Waals surface area (Å²) in [6, 6.07) is 0.248. The first-order valence-corrected chi connectivity index (χ1v) is 3.44. The number of hydrogen-bond donors (Lipinski definition) is 1. The Labute approximate surface area is 60.7 Å². The minimum Gasteiger partial charge on any atom is -0.369 e. The molecule has 0 aromatic rings. The third kappa shape index (κ3) is 1.01. The standard InChI is InChI=1S/C7H13NO2/c1-5-4-7(2,10-3)6(9)8-5/h5H,4H2,1-3H3,(H,8,9). The Morgan fingerprint density at radius 1 is 1.80 bits per heavy atom. The average Bonchev–Trinajstić information content (AvgIpc) is 2.09. The average molecular weight is 143 g/mol. The highest BCUT2D eigenvalue weighted by Gasteiger charge is 2.41. The molecule has 2 unspecified atom stereocenters. The van der Waals surface area contributed by atoms with Gasteiger partial charge in [0.25, 0.3) is 5.91 Å². The minimum atomic E-state index is -0.584. The SMILES string of the molecule is COC1(C)CC(C)NC1=O. The summed E-state index contributed by atoms with van der Waals surface area (Å²) in [5, 5.41) is 2.79. The van der Waals surface area contributed by atoms with E-state index in [2.05, 4.69) is 5.32 Å². The monoisotopic (exact) mass is 143 g/mol. The van der Waals surface area contributed by atoms with Crippen LogP contribution in [0.4, 0.5) is 0 Å². The van der Waals surface area contributed by atoms with Gasteiger partial charge >= 0.3 is 0 Å². The Bertz CT molecular complexity index is 158. The fourth-order valence-electron chi connectivity index (χ4n) is 1.28. The van der Waals surface area contributed by atoms with Crippen LogP contribution in [-0.2, 0) is 9.53 Å². The summed E-state index contributed by atoms with van der Waals surface area (Å²) < 4.78 is 5.07. The maximum atomic E-state index is 11.1. The van der Waals surface area contributed by atoms with Crippen LogP contribution >= 0.6 is 0 Å². The number of carbonyl (C=O) groups excluding carboxylic acids is 1. The molecule has 0 aromatic carbocycles. The molecule has 1 heterocycles. The highest BCUT2D eigenvalue weighted by atomic mass is 16.5. The molecule has 3 nitrogen and oxygen atoms in total.